The van der Waals surface area contributed by atoms with Gasteiger partial charge in [0.1, 0.15) is 0 Å². The number of carbonyl (C=O) groups excluding carboxylic acids is 1. The fourth-order valence-corrected chi connectivity index (χ4v) is 4.82. The Hall–Kier alpha value is -4.18. The zero-order valence-electron chi connectivity index (χ0n) is 24.2. The van der Waals surface area contributed by atoms with Gasteiger partial charge < -0.3 is 25.7 Å². The number of morpholine rings is 1. The molecule has 4 heterocycles. The summed E-state index contributed by atoms with van der Waals surface area (Å²) >= 11 is 0. The van der Waals surface area contributed by atoms with E-state index in [9.17, 15) is 9.59 Å². The number of fused-ring (bicyclic) bond motifs is 1. The molecule has 0 saturated carbocycles. The van der Waals surface area contributed by atoms with E-state index in [4.69, 9.17) is 20.6 Å². The van der Waals surface area contributed by atoms with Crippen LogP contribution < -0.4 is 16.6 Å². The van der Waals surface area contributed by atoms with Gasteiger partial charge in [0, 0.05) is 48.4 Å². The molecule has 0 unspecified atom stereocenters. The van der Waals surface area contributed by atoms with Crippen LogP contribution in [0.15, 0.2) is 47.6 Å². The Morgan fingerprint density at radius 2 is 1.90 bits per heavy atom. The number of aromatic nitrogens is 4. The summed E-state index contributed by atoms with van der Waals surface area (Å²) in [5.74, 6) is -0.331. The lowest BCUT2D eigenvalue weighted by Gasteiger charge is -2.29. The fourth-order valence-electron chi connectivity index (χ4n) is 4.82. The number of rotatable bonds is 7. The molecule has 0 bridgehead atoms. The maximum absolute atomic E-state index is 13.7. The summed E-state index contributed by atoms with van der Waals surface area (Å²) in [6.45, 7) is 18.8. The number of nitrogens with one attached hydrogen (secondary N) is 2. The highest BCUT2D eigenvalue weighted by Crippen LogP contribution is 2.29. The van der Waals surface area contributed by atoms with Gasteiger partial charge in [-0.2, -0.15) is 5.10 Å². The summed E-state index contributed by atoms with van der Waals surface area (Å²) in [5.41, 5.74) is 11.3. The highest BCUT2D eigenvalue weighted by atomic mass is 16.5. The van der Waals surface area contributed by atoms with Crippen molar-refractivity contribution in [1.29, 1.82) is 0 Å². The minimum Gasteiger partial charge on any atom is -0.404 e. The molecule has 10 nitrogen and oxygen atoms in total. The van der Waals surface area contributed by atoms with E-state index in [1.807, 2.05) is 64.4 Å². The van der Waals surface area contributed by atoms with Crippen LogP contribution in [0.1, 0.15) is 59.3 Å². The Kier molecular flexibility index (Phi) is 8.29. The van der Waals surface area contributed by atoms with Gasteiger partial charge in [-0.15, -0.1) is 0 Å². The van der Waals surface area contributed by atoms with Crippen molar-refractivity contribution >= 4 is 22.5 Å². The van der Waals surface area contributed by atoms with Crippen molar-refractivity contribution in [2.45, 2.75) is 53.6 Å². The summed E-state index contributed by atoms with van der Waals surface area (Å²) in [4.78, 5) is 36.1. The van der Waals surface area contributed by atoms with Gasteiger partial charge in [0.25, 0.3) is 11.5 Å². The van der Waals surface area contributed by atoms with Crippen LogP contribution in [0, 0.1) is 20.8 Å². The Morgan fingerprint density at radius 3 is 2.52 bits per heavy atom. The maximum Gasteiger partial charge on any atom is 0.253 e. The van der Waals surface area contributed by atoms with Crippen LogP contribution in [0.25, 0.3) is 16.6 Å². The Morgan fingerprint density at radius 1 is 1.20 bits per heavy atom. The molecule has 1 saturated heterocycles. The predicted octanol–water partition coefficient (Wildman–Crippen LogP) is 3.43. The average Bonchev–Trinajstić information content (AvgIpc) is 3.25. The molecule has 1 aliphatic rings. The van der Waals surface area contributed by atoms with Crippen LogP contribution in [0.4, 0.5) is 0 Å². The Labute approximate surface area is 234 Å². The van der Waals surface area contributed by atoms with Crippen LogP contribution in [0.5, 0.6) is 0 Å². The molecule has 40 heavy (non-hydrogen) atoms. The van der Waals surface area contributed by atoms with E-state index in [0.29, 0.717) is 52.3 Å². The maximum atomic E-state index is 13.7. The predicted molar refractivity (Wildman–Crippen MR) is 158 cm³/mol. The van der Waals surface area contributed by atoms with E-state index >= 15 is 0 Å². The van der Waals surface area contributed by atoms with E-state index in [1.165, 1.54) is 6.20 Å². The molecule has 1 amide bonds. The minimum absolute atomic E-state index is 0.0880. The van der Waals surface area contributed by atoms with Crippen molar-refractivity contribution in [3.63, 3.8) is 0 Å². The summed E-state index contributed by atoms with van der Waals surface area (Å²) in [7, 11) is 0. The van der Waals surface area contributed by atoms with Gasteiger partial charge in [0.2, 0.25) is 0 Å². The number of allylic oxidation sites excluding steroid dienone is 3. The first-order valence-electron chi connectivity index (χ1n) is 13.4. The molecule has 3 aromatic heterocycles. The van der Waals surface area contributed by atoms with E-state index in [-0.39, 0.29) is 23.6 Å². The van der Waals surface area contributed by atoms with Gasteiger partial charge in [-0.05, 0) is 71.4 Å². The van der Waals surface area contributed by atoms with Crippen molar-refractivity contribution in [3.8, 4) is 0 Å². The molecule has 3 aromatic rings. The molecule has 4 N–H and O–H groups in total. The third-order valence-corrected chi connectivity index (χ3v) is 6.96. The van der Waals surface area contributed by atoms with Gasteiger partial charge in [0.15, 0.2) is 5.65 Å². The number of amides is 1. The van der Waals surface area contributed by atoms with Crippen LogP contribution in [-0.4, -0.2) is 56.9 Å². The fraction of sp³-hybridized carbons (Fsp3) is 0.400. The zero-order chi connectivity index (χ0) is 29.2. The van der Waals surface area contributed by atoms with Gasteiger partial charge in [-0.3, -0.25) is 9.59 Å². The lowest BCUT2D eigenvalue weighted by Crippen LogP contribution is -2.34. The van der Waals surface area contributed by atoms with Crippen LogP contribution in [-0.2, 0) is 16.8 Å². The minimum atomic E-state index is -0.384. The number of ether oxygens (including phenoxy) is 1. The van der Waals surface area contributed by atoms with Crippen LogP contribution in [0.3, 0.4) is 0 Å². The average molecular weight is 546 g/mol. The lowest BCUT2D eigenvalue weighted by atomic mass is 10.0. The normalized spacial score (nSPS) is 14.8. The molecule has 10 heteroatoms. The number of nitrogens with two attached hydrogens (primary N) is 1. The number of aryl methyl sites for hydroxylation is 3. The molecule has 0 aliphatic carbocycles. The number of nitrogens with zero attached hydrogens (tertiary/aromatic N) is 4. The lowest BCUT2D eigenvalue weighted by molar-refractivity contribution is 0.0556. The standard InChI is InChI=1S/C30H39N7O3/c1-18-14-19(2)33-29(39)24(18)17-32-28(38)23-15-25(34-27-26(23)21(4)35-37(27)30(5,6)7)22(16-31)9-8-20(3)36-10-12-40-13-11-36/h8-9,14-16H,3,10-13,17,31H2,1-2,4-7H3,(H,32,38)(H,33,39)/b9-8-,22-16+. The van der Waals surface area contributed by atoms with E-state index < -0.39 is 0 Å². The highest BCUT2D eigenvalue weighted by molar-refractivity contribution is 6.07. The molecule has 0 radical (unpaired) electrons. The molecule has 0 atom stereocenters. The number of hydrogen-bond acceptors (Lipinski definition) is 7. The van der Waals surface area contributed by atoms with Gasteiger partial charge in [0.05, 0.1) is 41.1 Å². The van der Waals surface area contributed by atoms with Gasteiger partial charge in [-0.1, -0.05) is 6.58 Å². The highest BCUT2D eigenvalue weighted by Gasteiger charge is 2.25. The van der Waals surface area contributed by atoms with E-state index in [0.717, 1.165) is 30.0 Å². The van der Waals surface area contributed by atoms with Crippen molar-refractivity contribution < 1.29 is 9.53 Å². The monoisotopic (exact) mass is 545 g/mol. The Bertz CT molecular complexity index is 1560. The van der Waals surface area contributed by atoms with Gasteiger partial charge in [-0.25, -0.2) is 9.67 Å². The first-order chi connectivity index (χ1) is 18.9. The second kappa shape index (κ2) is 11.5. The Balaban J connectivity index is 1.75. The molecular formula is C30H39N7O3. The zero-order valence-corrected chi connectivity index (χ0v) is 24.2. The largest absolute Gasteiger partial charge is 0.404 e. The van der Waals surface area contributed by atoms with Crippen molar-refractivity contribution in [2.75, 3.05) is 26.3 Å². The number of hydrogen-bond donors (Lipinski definition) is 3. The van der Waals surface area contributed by atoms with E-state index in [2.05, 4.69) is 21.8 Å². The molecular weight excluding hydrogens is 506 g/mol. The van der Waals surface area contributed by atoms with Gasteiger partial charge >= 0.3 is 0 Å². The topological polar surface area (TPSA) is 131 Å². The van der Waals surface area contributed by atoms with Crippen molar-refractivity contribution in [2.24, 2.45) is 5.73 Å². The summed E-state index contributed by atoms with van der Waals surface area (Å²) in [5, 5.41) is 8.33. The third-order valence-electron chi connectivity index (χ3n) is 6.96. The number of pyridine rings is 2. The summed E-state index contributed by atoms with van der Waals surface area (Å²) < 4.78 is 7.27. The van der Waals surface area contributed by atoms with E-state index in [1.54, 1.807) is 6.07 Å². The quantitative estimate of drug-likeness (QED) is 0.388. The molecule has 4 rings (SSSR count). The summed E-state index contributed by atoms with van der Waals surface area (Å²) in [6.07, 6.45) is 5.22. The second-order valence-electron chi connectivity index (χ2n) is 11.1. The van der Waals surface area contributed by atoms with Crippen LogP contribution in [0.2, 0.25) is 0 Å². The number of carbonyl (C=O) groups is 1. The number of aromatic amines is 1. The van der Waals surface area contributed by atoms with Crippen molar-refractivity contribution in [3.05, 3.63) is 86.9 Å². The first kappa shape index (κ1) is 28.8. The molecule has 1 fully saturated rings. The SMILES string of the molecule is C=C(/C=C\C(=C/N)c1cc(C(=O)NCc2c(C)cc(C)[nH]c2=O)c2c(C)nn(C(C)(C)C)c2n1)N1CCOCC1. The third kappa shape index (κ3) is 6.02. The van der Waals surface area contributed by atoms with Crippen molar-refractivity contribution in [1.82, 2.24) is 30.0 Å². The molecule has 212 valence electrons. The number of H-pyrrole nitrogens is 1. The molecule has 0 spiro atoms. The second-order valence-corrected chi connectivity index (χ2v) is 11.1. The smallest absolute Gasteiger partial charge is 0.253 e. The first-order valence-corrected chi connectivity index (χ1v) is 13.4. The van der Waals surface area contributed by atoms with Crippen LogP contribution >= 0.6 is 0 Å². The molecule has 1 aliphatic heterocycles. The molecule has 0 aromatic carbocycles. The summed E-state index contributed by atoms with van der Waals surface area (Å²) in [6, 6.07) is 3.62.